The van der Waals surface area contributed by atoms with Crippen molar-refractivity contribution < 1.29 is 14.6 Å². The number of nitrogens with two attached hydrogens (primary N) is 1. The minimum Gasteiger partial charge on any atom is -0.493 e. The zero-order valence-corrected chi connectivity index (χ0v) is 13.0. The Labute approximate surface area is 122 Å². The fraction of sp³-hybridized carbons (Fsp3) is 0.500. The minimum atomic E-state index is -0.843. The summed E-state index contributed by atoms with van der Waals surface area (Å²) in [7, 11) is 0. The molecule has 0 saturated carbocycles. The summed E-state index contributed by atoms with van der Waals surface area (Å²) in [6.07, 6.45) is 0.378. The average molecular weight is 330 g/mol. The lowest BCUT2D eigenvalue weighted by atomic mass is 9.84. The number of rotatable bonds is 6. The summed E-state index contributed by atoms with van der Waals surface area (Å²) in [5, 5.41) is 9.12. The van der Waals surface area contributed by atoms with Crippen LogP contribution in [0.15, 0.2) is 22.7 Å². The summed E-state index contributed by atoms with van der Waals surface area (Å²) in [5.74, 6) is -0.0797. The standard InChI is InChI=1S/C14H20BrNO3/c1-4-19-12-6-5-9(7-10(12)15)11(16)8-14(2,3)13(17)18/h5-7,11H,4,8,16H2,1-3H3,(H,17,18). The molecule has 0 bridgehead atoms. The molecule has 19 heavy (non-hydrogen) atoms. The molecule has 106 valence electrons. The molecular formula is C14H20BrNO3. The van der Waals surface area contributed by atoms with Crippen molar-refractivity contribution in [3.63, 3.8) is 0 Å². The smallest absolute Gasteiger partial charge is 0.309 e. The Bertz CT molecular complexity index is 460. The van der Waals surface area contributed by atoms with E-state index in [9.17, 15) is 4.79 Å². The van der Waals surface area contributed by atoms with Gasteiger partial charge in [-0.15, -0.1) is 0 Å². The molecule has 1 rings (SSSR count). The molecule has 1 atom stereocenters. The van der Waals surface area contributed by atoms with Gasteiger partial charge in [-0.25, -0.2) is 0 Å². The third-order valence-electron chi connectivity index (χ3n) is 2.99. The molecular weight excluding hydrogens is 310 g/mol. The van der Waals surface area contributed by atoms with Gasteiger partial charge in [0.2, 0.25) is 0 Å². The molecule has 3 N–H and O–H groups in total. The lowest BCUT2D eigenvalue weighted by molar-refractivity contribution is -0.147. The maximum atomic E-state index is 11.1. The topological polar surface area (TPSA) is 72.5 Å². The van der Waals surface area contributed by atoms with Crippen molar-refractivity contribution >= 4 is 21.9 Å². The highest BCUT2D eigenvalue weighted by molar-refractivity contribution is 9.10. The number of carboxylic acid groups (broad SMARTS) is 1. The maximum Gasteiger partial charge on any atom is 0.309 e. The van der Waals surface area contributed by atoms with E-state index in [0.29, 0.717) is 13.0 Å². The van der Waals surface area contributed by atoms with Gasteiger partial charge in [-0.3, -0.25) is 4.79 Å². The Morgan fingerprint density at radius 1 is 1.53 bits per heavy atom. The lowest BCUT2D eigenvalue weighted by Gasteiger charge is -2.24. The van der Waals surface area contributed by atoms with Gasteiger partial charge in [0.25, 0.3) is 0 Å². The summed E-state index contributed by atoms with van der Waals surface area (Å²) in [6.45, 7) is 5.87. The van der Waals surface area contributed by atoms with E-state index in [-0.39, 0.29) is 6.04 Å². The largest absolute Gasteiger partial charge is 0.493 e. The van der Waals surface area contributed by atoms with Crippen LogP contribution >= 0.6 is 15.9 Å². The van der Waals surface area contributed by atoms with Gasteiger partial charge in [-0.1, -0.05) is 6.07 Å². The first-order valence-corrected chi connectivity index (χ1v) is 6.98. The average Bonchev–Trinajstić information content (AvgIpc) is 2.31. The second kappa shape index (κ2) is 6.39. The third kappa shape index (κ3) is 4.21. The van der Waals surface area contributed by atoms with Crippen molar-refractivity contribution in [2.45, 2.75) is 33.2 Å². The second-order valence-corrected chi connectivity index (χ2v) is 5.98. The van der Waals surface area contributed by atoms with Crippen LogP contribution in [-0.4, -0.2) is 17.7 Å². The first-order valence-electron chi connectivity index (χ1n) is 6.19. The third-order valence-corrected chi connectivity index (χ3v) is 3.61. The van der Waals surface area contributed by atoms with Crippen LogP contribution in [0.2, 0.25) is 0 Å². The molecule has 1 aromatic carbocycles. The van der Waals surface area contributed by atoms with Crippen LogP contribution in [0.1, 0.15) is 38.8 Å². The Kier molecular flexibility index (Phi) is 5.38. The van der Waals surface area contributed by atoms with Gasteiger partial charge in [-0.2, -0.15) is 0 Å². The number of hydrogen-bond donors (Lipinski definition) is 2. The SMILES string of the molecule is CCOc1ccc(C(N)CC(C)(C)C(=O)O)cc1Br. The number of ether oxygens (including phenoxy) is 1. The first kappa shape index (κ1) is 16.0. The Morgan fingerprint density at radius 2 is 2.16 bits per heavy atom. The number of hydrogen-bond acceptors (Lipinski definition) is 3. The first-order chi connectivity index (χ1) is 8.77. The fourth-order valence-electron chi connectivity index (χ4n) is 1.78. The normalized spacial score (nSPS) is 13.1. The molecule has 0 aliphatic rings. The number of carbonyl (C=O) groups is 1. The number of benzene rings is 1. The zero-order chi connectivity index (χ0) is 14.6. The van der Waals surface area contributed by atoms with Gasteiger partial charge < -0.3 is 15.6 Å². The van der Waals surface area contributed by atoms with E-state index in [1.54, 1.807) is 13.8 Å². The van der Waals surface area contributed by atoms with Crippen molar-refractivity contribution in [2.24, 2.45) is 11.1 Å². The molecule has 1 aromatic rings. The number of halogens is 1. The van der Waals surface area contributed by atoms with Crippen molar-refractivity contribution in [3.8, 4) is 5.75 Å². The predicted molar refractivity (Wildman–Crippen MR) is 78.3 cm³/mol. The second-order valence-electron chi connectivity index (χ2n) is 5.12. The fourth-order valence-corrected chi connectivity index (χ4v) is 2.29. The quantitative estimate of drug-likeness (QED) is 0.839. The molecule has 0 aliphatic carbocycles. The molecule has 0 aromatic heterocycles. The van der Waals surface area contributed by atoms with Gasteiger partial charge in [0.05, 0.1) is 16.5 Å². The van der Waals surface area contributed by atoms with E-state index in [2.05, 4.69) is 15.9 Å². The Morgan fingerprint density at radius 3 is 2.63 bits per heavy atom. The number of carboxylic acids is 1. The van der Waals surface area contributed by atoms with E-state index in [1.807, 2.05) is 25.1 Å². The van der Waals surface area contributed by atoms with Crippen LogP contribution in [0.3, 0.4) is 0 Å². The van der Waals surface area contributed by atoms with E-state index in [0.717, 1.165) is 15.8 Å². The van der Waals surface area contributed by atoms with Crippen LogP contribution in [0.5, 0.6) is 5.75 Å². The van der Waals surface area contributed by atoms with Gasteiger partial charge in [0.1, 0.15) is 5.75 Å². The van der Waals surface area contributed by atoms with Crippen LogP contribution < -0.4 is 10.5 Å². The molecule has 0 aliphatic heterocycles. The highest BCUT2D eigenvalue weighted by atomic mass is 79.9. The maximum absolute atomic E-state index is 11.1. The van der Waals surface area contributed by atoms with Gasteiger partial charge in [0.15, 0.2) is 0 Å². The van der Waals surface area contributed by atoms with Crippen LogP contribution in [0.25, 0.3) is 0 Å². The summed E-state index contributed by atoms with van der Waals surface area (Å²) < 4.78 is 6.26. The van der Waals surface area contributed by atoms with E-state index in [1.165, 1.54) is 0 Å². The van der Waals surface area contributed by atoms with Gasteiger partial charge in [-0.05, 0) is 60.8 Å². The molecule has 1 unspecified atom stereocenters. The molecule has 0 heterocycles. The van der Waals surface area contributed by atoms with E-state index < -0.39 is 11.4 Å². The molecule has 5 heteroatoms. The van der Waals surface area contributed by atoms with Crippen LogP contribution in [0, 0.1) is 5.41 Å². The van der Waals surface area contributed by atoms with E-state index >= 15 is 0 Å². The molecule has 0 fully saturated rings. The van der Waals surface area contributed by atoms with Gasteiger partial charge >= 0.3 is 5.97 Å². The predicted octanol–water partition coefficient (Wildman–Crippen LogP) is 3.35. The highest BCUT2D eigenvalue weighted by Crippen LogP contribution is 2.32. The Balaban J connectivity index is 2.86. The van der Waals surface area contributed by atoms with Crippen molar-refractivity contribution in [3.05, 3.63) is 28.2 Å². The van der Waals surface area contributed by atoms with Crippen molar-refractivity contribution in [1.29, 1.82) is 0 Å². The van der Waals surface area contributed by atoms with E-state index in [4.69, 9.17) is 15.6 Å². The summed E-state index contributed by atoms with van der Waals surface area (Å²) in [5.41, 5.74) is 6.14. The molecule has 0 amide bonds. The summed E-state index contributed by atoms with van der Waals surface area (Å²) in [6, 6.07) is 5.28. The lowest BCUT2D eigenvalue weighted by Crippen LogP contribution is -2.28. The minimum absolute atomic E-state index is 0.321. The summed E-state index contributed by atoms with van der Waals surface area (Å²) in [4.78, 5) is 11.1. The molecule has 0 saturated heterocycles. The molecule has 4 nitrogen and oxygen atoms in total. The van der Waals surface area contributed by atoms with Crippen LogP contribution in [0.4, 0.5) is 0 Å². The Hall–Kier alpha value is -1.07. The monoisotopic (exact) mass is 329 g/mol. The highest BCUT2D eigenvalue weighted by Gasteiger charge is 2.30. The summed E-state index contributed by atoms with van der Waals surface area (Å²) >= 11 is 3.43. The van der Waals surface area contributed by atoms with Gasteiger partial charge in [0, 0.05) is 6.04 Å². The molecule has 0 spiro atoms. The zero-order valence-electron chi connectivity index (χ0n) is 11.4. The van der Waals surface area contributed by atoms with Crippen LogP contribution in [-0.2, 0) is 4.79 Å². The van der Waals surface area contributed by atoms with Crippen molar-refractivity contribution in [1.82, 2.24) is 0 Å². The number of aliphatic carboxylic acids is 1. The van der Waals surface area contributed by atoms with Crippen molar-refractivity contribution in [2.75, 3.05) is 6.61 Å². The molecule has 0 radical (unpaired) electrons.